The topological polar surface area (TPSA) is 162 Å². The van der Waals surface area contributed by atoms with Crippen molar-refractivity contribution in [2.75, 3.05) is 38.2 Å². The Labute approximate surface area is 383 Å². The number of likely N-dealkylation sites (tertiary alicyclic amines) is 2. The second-order valence-electron chi connectivity index (χ2n) is 18.4. The van der Waals surface area contributed by atoms with E-state index in [-0.39, 0.29) is 66.1 Å². The molecule has 1 aromatic heterocycles. The number of hydrogen-bond donors (Lipinski definition) is 3. The minimum absolute atomic E-state index is 0.0133. The number of benzene rings is 3. The maximum atomic E-state index is 14.3. The smallest absolute Gasteiger partial charge is 0.248 e. The predicted molar refractivity (Wildman–Crippen MR) is 254 cm³/mol. The Bertz CT molecular complexity index is 2330. The molecule has 3 saturated heterocycles. The molecular formula is C51H66FN9O4. The maximum absolute atomic E-state index is 14.3. The summed E-state index contributed by atoms with van der Waals surface area (Å²) in [6, 6.07) is 22.6. The van der Waals surface area contributed by atoms with Gasteiger partial charge in [-0.25, -0.2) is 14.4 Å². The number of H-pyrrole nitrogens is 1. The van der Waals surface area contributed by atoms with Crippen molar-refractivity contribution < 1.29 is 23.5 Å². The Morgan fingerprint density at radius 1 is 0.831 bits per heavy atom. The zero-order chi connectivity index (χ0) is 46.4. The van der Waals surface area contributed by atoms with Gasteiger partial charge in [-0.3, -0.25) is 19.4 Å². The molecule has 14 heteroatoms. The average molecular weight is 888 g/mol. The Balaban J connectivity index is 1.06. The number of rotatable bonds is 15. The second-order valence-corrected chi connectivity index (χ2v) is 18.4. The van der Waals surface area contributed by atoms with E-state index in [9.17, 15) is 18.8 Å². The van der Waals surface area contributed by atoms with E-state index in [0.29, 0.717) is 25.5 Å². The van der Waals surface area contributed by atoms with Crippen LogP contribution in [-0.4, -0.2) is 101 Å². The highest BCUT2D eigenvalue weighted by atomic mass is 19.1. The summed E-state index contributed by atoms with van der Waals surface area (Å²) in [5.74, 6) is 0.658. The van der Waals surface area contributed by atoms with Crippen molar-refractivity contribution in [3.05, 3.63) is 107 Å². The van der Waals surface area contributed by atoms with Crippen LogP contribution in [0.5, 0.6) is 0 Å². The summed E-state index contributed by atoms with van der Waals surface area (Å²) in [5.41, 5.74) is 13.1. The number of halogens is 1. The van der Waals surface area contributed by atoms with Crippen LogP contribution in [-0.2, 0) is 19.1 Å². The van der Waals surface area contributed by atoms with Crippen molar-refractivity contribution in [1.82, 2.24) is 25.1 Å². The summed E-state index contributed by atoms with van der Waals surface area (Å²) in [4.78, 5) is 63.2. The first kappa shape index (κ1) is 47.1. The summed E-state index contributed by atoms with van der Waals surface area (Å²) >= 11 is 0. The van der Waals surface area contributed by atoms with E-state index in [4.69, 9.17) is 20.4 Å². The highest BCUT2D eigenvalue weighted by Gasteiger charge is 2.39. The van der Waals surface area contributed by atoms with E-state index in [2.05, 4.69) is 68.7 Å². The molecule has 3 aliphatic rings. The van der Waals surface area contributed by atoms with Crippen LogP contribution >= 0.6 is 0 Å². The number of methoxy groups -OCH3 is 1. The van der Waals surface area contributed by atoms with Gasteiger partial charge in [0.1, 0.15) is 23.7 Å². The van der Waals surface area contributed by atoms with Crippen LogP contribution in [0.15, 0.2) is 89.0 Å². The number of nitrogens with two attached hydrogens (primary N) is 1. The molecule has 4 aromatic rings. The van der Waals surface area contributed by atoms with Crippen LogP contribution < -0.4 is 16.0 Å². The lowest BCUT2D eigenvalue weighted by Gasteiger charge is -2.33. The number of anilines is 1. The lowest BCUT2D eigenvalue weighted by atomic mass is 10.0. The molecule has 4 heterocycles. The zero-order valence-electron chi connectivity index (χ0n) is 39.0. The molecule has 65 heavy (non-hydrogen) atoms. The first-order valence-electron chi connectivity index (χ1n) is 23.3. The molecule has 4 N–H and O–H groups in total. The predicted octanol–water partition coefficient (Wildman–Crippen LogP) is 7.95. The van der Waals surface area contributed by atoms with Crippen LogP contribution in [0.25, 0.3) is 11.3 Å². The molecule has 3 aromatic carbocycles. The quantitative estimate of drug-likeness (QED) is 0.0807. The van der Waals surface area contributed by atoms with E-state index in [1.807, 2.05) is 55.8 Å². The van der Waals surface area contributed by atoms with Crippen molar-refractivity contribution in [2.24, 2.45) is 27.6 Å². The van der Waals surface area contributed by atoms with E-state index in [1.165, 1.54) is 19.1 Å². The molecule has 346 valence electrons. The number of carbonyl (C=O) groups is 3. The number of aromatic nitrogens is 2. The van der Waals surface area contributed by atoms with Gasteiger partial charge in [-0.1, -0.05) is 76.2 Å². The highest BCUT2D eigenvalue weighted by molar-refractivity contribution is 6.02. The third-order valence-corrected chi connectivity index (χ3v) is 13.3. The number of amides is 3. The number of nitrogens with zero attached hydrogens (tertiary/aromatic N) is 6. The monoisotopic (exact) mass is 888 g/mol. The molecule has 0 spiro atoms. The van der Waals surface area contributed by atoms with E-state index >= 15 is 0 Å². The number of nitrogens with one attached hydrogen (secondary N) is 2. The normalized spacial score (nSPS) is 21.4. The summed E-state index contributed by atoms with van der Waals surface area (Å²) in [7, 11) is 1.57. The van der Waals surface area contributed by atoms with Crippen molar-refractivity contribution >= 4 is 35.0 Å². The highest BCUT2D eigenvalue weighted by Crippen LogP contribution is 2.47. The van der Waals surface area contributed by atoms with E-state index in [1.54, 1.807) is 14.0 Å². The van der Waals surface area contributed by atoms with Gasteiger partial charge in [0.15, 0.2) is 5.90 Å². The number of ether oxygens (including phenoxy) is 1. The first-order valence-corrected chi connectivity index (χ1v) is 23.3. The van der Waals surface area contributed by atoms with Gasteiger partial charge in [0.25, 0.3) is 0 Å². The molecule has 13 nitrogen and oxygen atoms in total. The molecule has 3 amide bonds. The summed E-state index contributed by atoms with van der Waals surface area (Å²) in [5, 5.41) is 2.85. The van der Waals surface area contributed by atoms with Crippen molar-refractivity contribution in [3.8, 4) is 11.3 Å². The molecule has 3 aliphatic heterocycles. The van der Waals surface area contributed by atoms with E-state index < -0.39 is 12.1 Å². The Morgan fingerprint density at radius 3 is 2.06 bits per heavy atom. The van der Waals surface area contributed by atoms with Gasteiger partial charge >= 0.3 is 0 Å². The molecule has 0 bridgehead atoms. The minimum atomic E-state index is -0.586. The third-order valence-electron chi connectivity index (χ3n) is 13.3. The van der Waals surface area contributed by atoms with Crippen molar-refractivity contribution in [3.63, 3.8) is 0 Å². The van der Waals surface area contributed by atoms with Crippen LogP contribution in [0.1, 0.15) is 121 Å². The fraction of sp³-hybridized carbons (Fsp3) is 0.490. The fourth-order valence-electron chi connectivity index (χ4n) is 9.81. The van der Waals surface area contributed by atoms with Crippen LogP contribution in [0, 0.1) is 17.7 Å². The van der Waals surface area contributed by atoms with Crippen molar-refractivity contribution in [1.29, 1.82) is 0 Å². The molecule has 0 radical (unpaired) electrons. The van der Waals surface area contributed by atoms with E-state index in [0.717, 1.165) is 83.7 Å². The SMILES string of the molecule is COC(C)=NC(C(=O)N1CCCC1CN=C(CN)c1ccc(C2CCC(c3ccc(-c4cnc(C5CCCN5C(=O)C(NC(C)=O)C(C)C)[nH]4)cc3)N2c2ccc(F)cc2)cc1)C(C)C. The molecule has 0 saturated carbocycles. The second kappa shape index (κ2) is 21.0. The number of hydrogen-bond acceptors (Lipinski definition) is 9. The Morgan fingerprint density at radius 2 is 1.46 bits per heavy atom. The summed E-state index contributed by atoms with van der Waals surface area (Å²) in [6.07, 6.45) is 7.09. The Kier molecular flexibility index (Phi) is 15.2. The standard InChI is InChI=1S/C51H66FN9O4/c1-31(2)47(56-33(5)62)51(64)60-27-9-11-46(60)49-55-30-43(58-49)36-14-18-38(19-15-36)45-25-24-44(61(45)40-22-20-39(52)21-23-40)37-16-12-35(13-17-37)42(28-53)54-29-41-10-8-26-59(41)50(63)48(32(3)4)57-34(6)65-7/h12-23,30-32,41,44-48H,8-11,24-29,53H2,1-7H3,(H,55,58)(H,56,62). The number of aromatic amines is 1. The molecule has 0 aliphatic carbocycles. The zero-order valence-corrected chi connectivity index (χ0v) is 39.0. The molecule has 3 fully saturated rings. The van der Waals surface area contributed by atoms with Gasteiger partial charge in [-0.2, -0.15) is 0 Å². The van der Waals surface area contributed by atoms with Gasteiger partial charge in [0.05, 0.1) is 55.4 Å². The van der Waals surface area contributed by atoms with Crippen LogP contribution in [0.3, 0.4) is 0 Å². The molecule has 6 atom stereocenters. The third kappa shape index (κ3) is 10.6. The average Bonchev–Trinajstić information content (AvgIpc) is 4.15. The maximum Gasteiger partial charge on any atom is 0.248 e. The summed E-state index contributed by atoms with van der Waals surface area (Å²) in [6.45, 7) is 13.2. The van der Waals surface area contributed by atoms with Crippen molar-refractivity contribution in [2.45, 2.75) is 116 Å². The van der Waals surface area contributed by atoms with Gasteiger partial charge in [-0.15, -0.1) is 0 Å². The fourth-order valence-corrected chi connectivity index (χ4v) is 9.81. The van der Waals surface area contributed by atoms with Gasteiger partial charge in [0, 0.05) is 39.2 Å². The van der Waals surface area contributed by atoms with Gasteiger partial charge in [0.2, 0.25) is 17.7 Å². The number of carbonyl (C=O) groups excluding carboxylic acids is 3. The van der Waals surface area contributed by atoms with Gasteiger partial charge < -0.3 is 35.5 Å². The van der Waals surface area contributed by atoms with Crippen LogP contribution in [0.4, 0.5) is 10.1 Å². The minimum Gasteiger partial charge on any atom is -0.484 e. The largest absolute Gasteiger partial charge is 0.484 e. The lowest BCUT2D eigenvalue weighted by Crippen LogP contribution is -2.50. The number of imidazole rings is 1. The Hall–Kier alpha value is -5.89. The summed E-state index contributed by atoms with van der Waals surface area (Å²) < 4.78 is 19.6. The van der Waals surface area contributed by atoms with Crippen LogP contribution in [0.2, 0.25) is 0 Å². The molecule has 7 rings (SSSR count). The first-order chi connectivity index (χ1) is 31.3. The molecular weight excluding hydrogens is 822 g/mol. The van der Waals surface area contributed by atoms with Gasteiger partial charge in [-0.05, 0) is 96.9 Å². The number of aliphatic imine (C=N–C) groups is 2. The lowest BCUT2D eigenvalue weighted by molar-refractivity contribution is -0.138. The molecule has 6 unspecified atom stereocenters.